The average molecular weight is 241 g/mol. The molecule has 0 aromatic rings. The van der Waals surface area contributed by atoms with Crippen LogP contribution >= 0.6 is 11.8 Å². The van der Waals surface area contributed by atoms with Crippen molar-refractivity contribution in [3.8, 4) is 6.19 Å². The smallest absolute Gasteiger partial charge is 0.208 e. The molecule has 0 bridgehead atoms. The van der Waals surface area contributed by atoms with Gasteiger partial charge >= 0.3 is 0 Å². The molecule has 90 valence electrons. The molecule has 1 aliphatic rings. The number of hydrogen-bond acceptors (Lipinski definition) is 4. The molecule has 16 heavy (non-hydrogen) atoms. The Labute approximate surface area is 102 Å². The van der Waals surface area contributed by atoms with Crippen LogP contribution in [0.25, 0.3) is 0 Å². The first-order valence-corrected chi connectivity index (χ1v) is 6.73. The second kappa shape index (κ2) is 6.77. The van der Waals surface area contributed by atoms with Crippen molar-refractivity contribution in [3.05, 3.63) is 0 Å². The van der Waals surface area contributed by atoms with Crippen molar-refractivity contribution in [3.63, 3.8) is 0 Å². The van der Waals surface area contributed by atoms with E-state index in [1.54, 1.807) is 7.11 Å². The van der Waals surface area contributed by atoms with Crippen LogP contribution in [-0.4, -0.2) is 42.6 Å². The molecular weight excluding hydrogens is 222 g/mol. The number of ether oxygens (including phenoxy) is 1. The van der Waals surface area contributed by atoms with Crippen LogP contribution < -0.4 is 0 Å². The van der Waals surface area contributed by atoms with E-state index >= 15 is 0 Å². The van der Waals surface area contributed by atoms with Crippen LogP contribution in [0.15, 0.2) is 4.99 Å². The number of thioether (sulfide) groups is 1. The minimum absolute atomic E-state index is 0.453. The van der Waals surface area contributed by atoms with Crippen molar-refractivity contribution < 1.29 is 4.74 Å². The summed E-state index contributed by atoms with van der Waals surface area (Å²) in [5.74, 6) is 0.757. The highest BCUT2D eigenvalue weighted by Crippen LogP contribution is 2.35. The number of nitrogens with zero attached hydrogens (tertiary/aromatic N) is 3. The summed E-state index contributed by atoms with van der Waals surface area (Å²) < 4.78 is 5.11. The summed E-state index contributed by atoms with van der Waals surface area (Å²) in [4.78, 5) is 6.07. The number of amidine groups is 1. The normalized spacial score (nSPS) is 18.0. The van der Waals surface area contributed by atoms with E-state index in [-0.39, 0.29) is 0 Å². The first-order valence-electron chi connectivity index (χ1n) is 5.51. The highest BCUT2D eigenvalue weighted by Gasteiger charge is 2.33. The van der Waals surface area contributed by atoms with Crippen molar-refractivity contribution in [2.45, 2.75) is 25.8 Å². The molecule has 0 aromatic heterocycles. The summed E-state index contributed by atoms with van der Waals surface area (Å²) in [5.41, 5.74) is 0. The number of rotatable bonds is 5. The van der Waals surface area contributed by atoms with E-state index in [2.05, 4.69) is 16.8 Å². The van der Waals surface area contributed by atoms with Crippen LogP contribution in [0.3, 0.4) is 0 Å². The summed E-state index contributed by atoms with van der Waals surface area (Å²) in [6.07, 6.45) is 6.41. The number of hydrogen-bond donors (Lipinski definition) is 0. The van der Waals surface area contributed by atoms with Gasteiger partial charge in [-0.2, -0.15) is 5.26 Å². The lowest BCUT2D eigenvalue weighted by Gasteiger charge is -2.30. The fourth-order valence-electron chi connectivity index (χ4n) is 1.77. The largest absolute Gasteiger partial charge is 0.383 e. The van der Waals surface area contributed by atoms with Crippen molar-refractivity contribution in [1.82, 2.24) is 4.90 Å². The highest BCUT2D eigenvalue weighted by molar-refractivity contribution is 8.13. The third kappa shape index (κ3) is 3.69. The van der Waals surface area contributed by atoms with Gasteiger partial charge in [0.25, 0.3) is 0 Å². The Bertz CT molecular complexity index is 283. The molecule has 0 heterocycles. The van der Waals surface area contributed by atoms with Crippen LogP contribution in [0.1, 0.15) is 19.8 Å². The zero-order valence-electron chi connectivity index (χ0n) is 10.1. The predicted molar refractivity (Wildman–Crippen MR) is 67.3 cm³/mol. The molecule has 1 unspecified atom stereocenters. The van der Waals surface area contributed by atoms with Gasteiger partial charge in [0, 0.05) is 19.7 Å². The molecule has 5 heteroatoms. The third-order valence-electron chi connectivity index (χ3n) is 2.91. The molecular formula is C11H19N3OS. The number of methoxy groups -OCH3 is 1. The van der Waals surface area contributed by atoms with Gasteiger partial charge in [-0.05, 0) is 31.9 Å². The van der Waals surface area contributed by atoms with Gasteiger partial charge in [-0.25, -0.2) is 0 Å². The number of aliphatic imine (C=N–C) groups is 1. The zero-order chi connectivity index (χ0) is 12.0. The van der Waals surface area contributed by atoms with Crippen molar-refractivity contribution in [2.24, 2.45) is 10.9 Å². The molecule has 0 amide bonds. The quantitative estimate of drug-likeness (QED) is 0.419. The van der Waals surface area contributed by atoms with Crippen LogP contribution in [0.5, 0.6) is 0 Å². The standard InChI is InChI=1S/C11H19N3OS/c1-9(10-4-5-10)14(6-7-15-2)11(16-3)13-8-12/h9-10H,4-7H2,1-3H3. The van der Waals surface area contributed by atoms with Gasteiger partial charge in [0.2, 0.25) is 6.19 Å². The maximum atomic E-state index is 8.67. The lowest BCUT2D eigenvalue weighted by atomic mass is 10.2. The van der Waals surface area contributed by atoms with Crippen LogP contribution in [0.2, 0.25) is 0 Å². The fraction of sp³-hybridized carbons (Fsp3) is 0.818. The van der Waals surface area contributed by atoms with Crippen molar-refractivity contribution >= 4 is 16.9 Å². The SMILES string of the molecule is COCCN(C(=NC#N)SC)C(C)C1CC1. The minimum Gasteiger partial charge on any atom is -0.383 e. The van der Waals surface area contributed by atoms with E-state index in [0.717, 1.165) is 17.6 Å². The predicted octanol–water partition coefficient (Wildman–Crippen LogP) is 1.93. The minimum atomic E-state index is 0.453. The summed E-state index contributed by atoms with van der Waals surface area (Å²) >= 11 is 1.52. The molecule has 4 nitrogen and oxygen atoms in total. The van der Waals surface area contributed by atoms with Gasteiger partial charge in [0.05, 0.1) is 6.61 Å². The molecule has 0 spiro atoms. The average Bonchev–Trinajstić information content (AvgIpc) is 3.11. The Morgan fingerprint density at radius 3 is 2.81 bits per heavy atom. The molecule has 1 aliphatic carbocycles. The molecule has 0 saturated heterocycles. The molecule has 0 radical (unpaired) electrons. The van der Waals surface area contributed by atoms with Gasteiger partial charge in [-0.3, -0.25) is 0 Å². The van der Waals surface area contributed by atoms with Crippen LogP contribution in [-0.2, 0) is 4.74 Å². The first-order chi connectivity index (χ1) is 7.74. The Kier molecular flexibility index (Phi) is 5.64. The maximum Gasteiger partial charge on any atom is 0.208 e. The van der Waals surface area contributed by atoms with E-state index in [1.165, 1.54) is 24.6 Å². The summed E-state index contributed by atoms with van der Waals surface area (Å²) in [6, 6.07) is 0.453. The van der Waals surface area contributed by atoms with Crippen molar-refractivity contribution in [1.29, 1.82) is 5.26 Å². The van der Waals surface area contributed by atoms with E-state index in [9.17, 15) is 0 Å². The van der Waals surface area contributed by atoms with Crippen LogP contribution in [0, 0.1) is 17.4 Å². The maximum absolute atomic E-state index is 8.67. The molecule has 0 N–H and O–H groups in total. The molecule has 1 fully saturated rings. The molecule has 0 aliphatic heterocycles. The summed E-state index contributed by atoms with van der Waals surface area (Å²) in [5, 5.41) is 9.47. The van der Waals surface area contributed by atoms with Crippen LogP contribution in [0.4, 0.5) is 0 Å². The Hall–Kier alpha value is -0.730. The topological polar surface area (TPSA) is 48.6 Å². The van der Waals surface area contributed by atoms with E-state index in [1.807, 2.05) is 12.4 Å². The van der Waals surface area contributed by atoms with E-state index in [4.69, 9.17) is 10.00 Å². The summed E-state index contributed by atoms with van der Waals surface area (Å²) in [7, 11) is 1.69. The fourth-order valence-corrected chi connectivity index (χ4v) is 2.39. The second-order valence-electron chi connectivity index (χ2n) is 3.96. The third-order valence-corrected chi connectivity index (χ3v) is 3.60. The van der Waals surface area contributed by atoms with Gasteiger partial charge in [-0.1, -0.05) is 11.8 Å². The van der Waals surface area contributed by atoms with E-state index < -0.39 is 0 Å². The first kappa shape index (κ1) is 13.3. The van der Waals surface area contributed by atoms with Gasteiger partial charge in [0.15, 0.2) is 5.17 Å². The Morgan fingerprint density at radius 1 is 1.69 bits per heavy atom. The molecule has 1 rings (SSSR count). The van der Waals surface area contributed by atoms with Gasteiger partial charge in [0.1, 0.15) is 0 Å². The molecule has 0 aromatic carbocycles. The van der Waals surface area contributed by atoms with E-state index in [0.29, 0.717) is 12.6 Å². The Balaban J connectivity index is 2.67. The number of nitriles is 1. The molecule has 1 atom stereocenters. The Morgan fingerprint density at radius 2 is 2.38 bits per heavy atom. The lowest BCUT2D eigenvalue weighted by molar-refractivity contribution is 0.161. The van der Waals surface area contributed by atoms with Gasteiger partial charge in [-0.15, -0.1) is 4.99 Å². The second-order valence-corrected chi connectivity index (χ2v) is 4.74. The zero-order valence-corrected chi connectivity index (χ0v) is 11.0. The molecule has 1 saturated carbocycles. The highest BCUT2D eigenvalue weighted by atomic mass is 32.2. The summed E-state index contributed by atoms with van der Waals surface area (Å²) in [6.45, 7) is 3.67. The monoisotopic (exact) mass is 241 g/mol. The lowest BCUT2D eigenvalue weighted by Crippen LogP contribution is -2.40. The van der Waals surface area contributed by atoms with Gasteiger partial charge < -0.3 is 9.64 Å². The van der Waals surface area contributed by atoms with Crippen molar-refractivity contribution in [2.75, 3.05) is 26.5 Å².